The molecule has 0 radical (unpaired) electrons. The van der Waals surface area contributed by atoms with Crippen molar-refractivity contribution in [2.75, 3.05) is 0 Å². The van der Waals surface area contributed by atoms with Crippen molar-refractivity contribution in [1.82, 2.24) is 8.75 Å². The molecule has 0 aliphatic rings. The van der Waals surface area contributed by atoms with E-state index in [1.165, 1.54) is 6.92 Å². The van der Waals surface area contributed by atoms with E-state index in [2.05, 4.69) is 8.75 Å². The predicted molar refractivity (Wildman–Crippen MR) is 51.9 cm³/mol. The van der Waals surface area contributed by atoms with Crippen LogP contribution in [0.5, 0.6) is 0 Å². The van der Waals surface area contributed by atoms with Gasteiger partial charge in [0.05, 0.1) is 17.3 Å². The van der Waals surface area contributed by atoms with Crippen LogP contribution in [0.3, 0.4) is 0 Å². The maximum absolute atomic E-state index is 12.6. The van der Waals surface area contributed by atoms with Gasteiger partial charge in [0.2, 0.25) is 0 Å². The molecule has 0 N–H and O–H groups in total. The number of nitrogens with zero attached hydrogens (tertiary/aromatic N) is 2. The number of hydrogen-bond acceptors (Lipinski definition) is 3. The molecule has 0 spiro atoms. The average Bonchev–Trinajstić information content (AvgIpc) is 2.58. The predicted octanol–water partition coefficient (Wildman–Crippen LogP) is 3.33. The van der Waals surface area contributed by atoms with E-state index in [-0.39, 0.29) is 5.56 Å². The molecule has 0 fully saturated rings. The maximum Gasteiger partial charge on any atom is 0.416 e. The van der Waals surface area contributed by atoms with Crippen molar-refractivity contribution < 1.29 is 13.2 Å². The van der Waals surface area contributed by atoms with Crippen LogP contribution in [0.1, 0.15) is 16.7 Å². The first-order valence-corrected chi connectivity index (χ1v) is 4.94. The first-order chi connectivity index (χ1) is 6.91. The van der Waals surface area contributed by atoms with Crippen molar-refractivity contribution >= 4 is 22.8 Å². The van der Waals surface area contributed by atoms with E-state index in [0.29, 0.717) is 16.6 Å². The van der Waals surface area contributed by atoms with E-state index in [1.807, 2.05) is 0 Å². The molecule has 0 atom stereocenters. The lowest BCUT2D eigenvalue weighted by Gasteiger charge is -2.11. The van der Waals surface area contributed by atoms with E-state index in [4.69, 9.17) is 0 Å². The quantitative estimate of drug-likeness (QED) is 0.696. The fraction of sp³-hybridized carbons (Fsp3) is 0.333. The van der Waals surface area contributed by atoms with Crippen LogP contribution in [0.25, 0.3) is 11.0 Å². The van der Waals surface area contributed by atoms with Gasteiger partial charge in [0.15, 0.2) is 0 Å². The fourth-order valence-corrected chi connectivity index (χ4v) is 2.17. The van der Waals surface area contributed by atoms with Gasteiger partial charge < -0.3 is 0 Å². The molecular weight excluding hydrogens is 225 g/mol. The Kier molecular flexibility index (Phi) is 2.18. The number of rotatable bonds is 0. The van der Waals surface area contributed by atoms with Gasteiger partial charge in [-0.2, -0.15) is 21.9 Å². The van der Waals surface area contributed by atoms with Crippen molar-refractivity contribution in [3.63, 3.8) is 0 Å². The van der Waals surface area contributed by atoms with E-state index in [9.17, 15) is 13.2 Å². The van der Waals surface area contributed by atoms with Crippen LogP contribution in [0, 0.1) is 13.8 Å². The van der Waals surface area contributed by atoms with Gasteiger partial charge in [-0.3, -0.25) is 0 Å². The molecule has 0 unspecified atom stereocenters. The summed E-state index contributed by atoms with van der Waals surface area (Å²) in [6, 6.07) is 1.12. The fourth-order valence-electron chi connectivity index (χ4n) is 1.51. The lowest BCUT2D eigenvalue weighted by molar-refractivity contribution is -0.138. The Bertz CT molecular complexity index is 516. The molecule has 0 bridgehead atoms. The highest BCUT2D eigenvalue weighted by molar-refractivity contribution is 7.00. The second kappa shape index (κ2) is 3.16. The minimum absolute atomic E-state index is 0.150. The topological polar surface area (TPSA) is 25.8 Å². The molecule has 2 nitrogen and oxygen atoms in total. The summed E-state index contributed by atoms with van der Waals surface area (Å²) in [4.78, 5) is 0. The molecule has 80 valence electrons. The lowest BCUT2D eigenvalue weighted by atomic mass is 10.0. The standard InChI is InChI=1S/C9H7F3N2S/c1-4-3-6(9(10,11)12)5(2)8-7(4)13-15-14-8/h3H,1-2H3. The Morgan fingerprint density at radius 2 is 1.73 bits per heavy atom. The van der Waals surface area contributed by atoms with Crippen molar-refractivity contribution in [2.45, 2.75) is 20.0 Å². The lowest BCUT2D eigenvalue weighted by Crippen LogP contribution is -2.08. The molecule has 0 aliphatic carbocycles. The summed E-state index contributed by atoms with van der Waals surface area (Å²) < 4.78 is 45.7. The van der Waals surface area contributed by atoms with Gasteiger partial charge in [0.25, 0.3) is 0 Å². The Morgan fingerprint density at radius 1 is 1.13 bits per heavy atom. The van der Waals surface area contributed by atoms with Crippen molar-refractivity contribution in [2.24, 2.45) is 0 Å². The number of aromatic nitrogens is 2. The summed E-state index contributed by atoms with van der Waals surface area (Å²) in [7, 11) is 0. The van der Waals surface area contributed by atoms with Gasteiger partial charge in [0.1, 0.15) is 11.0 Å². The summed E-state index contributed by atoms with van der Waals surface area (Å²) in [5.41, 5.74) is 0.951. The van der Waals surface area contributed by atoms with E-state index >= 15 is 0 Å². The zero-order valence-corrected chi connectivity index (χ0v) is 8.83. The molecule has 6 heteroatoms. The number of halogens is 3. The Hall–Kier alpha value is -1.17. The van der Waals surface area contributed by atoms with Gasteiger partial charge >= 0.3 is 6.18 Å². The molecular formula is C9H7F3N2S. The SMILES string of the molecule is Cc1cc(C(F)(F)F)c(C)c2nsnc12. The van der Waals surface area contributed by atoms with E-state index < -0.39 is 11.7 Å². The molecule has 2 rings (SSSR count). The molecule has 1 heterocycles. The summed E-state index contributed by atoms with van der Waals surface area (Å²) in [5, 5.41) is 0. The number of aryl methyl sites for hydroxylation is 2. The highest BCUT2D eigenvalue weighted by Crippen LogP contribution is 2.35. The number of benzene rings is 1. The molecule has 1 aromatic carbocycles. The van der Waals surface area contributed by atoms with Gasteiger partial charge in [-0.1, -0.05) is 0 Å². The normalized spacial score (nSPS) is 12.3. The third-order valence-corrected chi connectivity index (χ3v) is 2.82. The minimum Gasteiger partial charge on any atom is -0.173 e. The van der Waals surface area contributed by atoms with Crippen molar-refractivity contribution in [3.05, 3.63) is 22.8 Å². The smallest absolute Gasteiger partial charge is 0.173 e. The van der Waals surface area contributed by atoms with Crippen LogP contribution >= 0.6 is 11.7 Å². The largest absolute Gasteiger partial charge is 0.416 e. The summed E-state index contributed by atoms with van der Waals surface area (Å²) in [6.07, 6.45) is -4.33. The van der Waals surface area contributed by atoms with Crippen LogP contribution in [-0.2, 0) is 6.18 Å². The Balaban J connectivity index is 2.83. The minimum atomic E-state index is -4.33. The Labute approximate surface area is 88.1 Å². The first-order valence-electron chi connectivity index (χ1n) is 4.21. The molecule has 15 heavy (non-hydrogen) atoms. The first kappa shape index (κ1) is 10.4. The highest BCUT2D eigenvalue weighted by atomic mass is 32.1. The number of alkyl halides is 3. The van der Waals surface area contributed by atoms with Gasteiger partial charge in [-0.25, -0.2) is 0 Å². The molecule has 2 aromatic rings. The van der Waals surface area contributed by atoms with Crippen LogP contribution in [0.15, 0.2) is 6.07 Å². The zero-order chi connectivity index (χ0) is 11.2. The van der Waals surface area contributed by atoms with Crippen LogP contribution in [-0.4, -0.2) is 8.75 Å². The second-order valence-corrected chi connectivity index (χ2v) is 3.85. The highest BCUT2D eigenvalue weighted by Gasteiger charge is 2.34. The van der Waals surface area contributed by atoms with Crippen LogP contribution in [0.2, 0.25) is 0 Å². The van der Waals surface area contributed by atoms with E-state index in [0.717, 1.165) is 17.8 Å². The molecule has 0 saturated carbocycles. The zero-order valence-electron chi connectivity index (χ0n) is 8.01. The summed E-state index contributed by atoms with van der Waals surface area (Å²) in [6.45, 7) is 3.03. The Morgan fingerprint density at radius 3 is 2.33 bits per heavy atom. The van der Waals surface area contributed by atoms with Gasteiger partial charge in [-0.05, 0) is 31.0 Å². The molecule has 0 amide bonds. The molecule has 0 aliphatic heterocycles. The van der Waals surface area contributed by atoms with Crippen LogP contribution in [0.4, 0.5) is 13.2 Å². The van der Waals surface area contributed by atoms with Crippen molar-refractivity contribution in [3.8, 4) is 0 Å². The summed E-state index contributed by atoms with van der Waals surface area (Å²) in [5.74, 6) is 0. The van der Waals surface area contributed by atoms with E-state index in [1.54, 1.807) is 6.92 Å². The number of fused-ring (bicyclic) bond motifs is 1. The van der Waals surface area contributed by atoms with Crippen molar-refractivity contribution in [1.29, 1.82) is 0 Å². The van der Waals surface area contributed by atoms with Gasteiger partial charge in [-0.15, -0.1) is 0 Å². The molecule has 0 saturated heterocycles. The third-order valence-electron chi connectivity index (χ3n) is 2.29. The average molecular weight is 232 g/mol. The third kappa shape index (κ3) is 1.58. The van der Waals surface area contributed by atoms with Crippen LogP contribution < -0.4 is 0 Å². The maximum atomic E-state index is 12.6. The number of hydrogen-bond donors (Lipinski definition) is 0. The monoisotopic (exact) mass is 232 g/mol. The van der Waals surface area contributed by atoms with Gasteiger partial charge in [0, 0.05) is 0 Å². The summed E-state index contributed by atoms with van der Waals surface area (Å²) >= 11 is 0.933. The second-order valence-electron chi connectivity index (χ2n) is 3.33. The molecule has 1 aromatic heterocycles.